The number of benzene rings is 2. The molecule has 0 saturated heterocycles. The molecule has 0 spiro atoms. The van der Waals surface area contributed by atoms with Gasteiger partial charge in [-0.05, 0) is 80.8 Å². The zero-order valence-corrected chi connectivity index (χ0v) is 16.9. The first-order valence-corrected chi connectivity index (χ1v) is 9.32. The molecule has 0 fully saturated rings. The minimum atomic E-state index is -0.371. The van der Waals surface area contributed by atoms with Gasteiger partial charge in [-0.2, -0.15) is 5.10 Å². The van der Waals surface area contributed by atoms with Crippen molar-refractivity contribution in [1.82, 2.24) is 9.78 Å². The number of rotatable bonds is 5. The number of nitrogens with one attached hydrogen (secondary N) is 1. The van der Waals surface area contributed by atoms with Gasteiger partial charge in [0.15, 0.2) is 5.78 Å². The molecule has 1 heterocycles. The number of Topliss-reactive ketones (excluding diaryl/α,β-unsaturated/α-hetero) is 1. The van der Waals surface area contributed by atoms with E-state index < -0.39 is 0 Å². The summed E-state index contributed by atoms with van der Waals surface area (Å²) in [5, 5.41) is 7.11. The van der Waals surface area contributed by atoms with Crippen molar-refractivity contribution in [3.8, 4) is 11.3 Å². The monoisotopic (exact) mass is 389 g/mol. The lowest BCUT2D eigenvalue weighted by molar-refractivity contribution is -0.117. The van der Waals surface area contributed by atoms with Crippen LogP contribution >= 0.6 is 0 Å². The Morgan fingerprint density at radius 1 is 0.931 bits per heavy atom. The average molecular weight is 389 g/mol. The van der Waals surface area contributed by atoms with Crippen LogP contribution < -0.4 is 10.9 Å². The van der Waals surface area contributed by atoms with Gasteiger partial charge in [-0.15, -0.1) is 0 Å². The van der Waals surface area contributed by atoms with E-state index in [2.05, 4.69) is 16.5 Å². The van der Waals surface area contributed by atoms with E-state index in [1.54, 1.807) is 30.3 Å². The van der Waals surface area contributed by atoms with Crippen molar-refractivity contribution in [3.63, 3.8) is 0 Å². The van der Waals surface area contributed by atoms with Crippen LogP contribution in [0.3, 0.4) is 0 Å². The van der Waals surface area contributed by atoms with E-state index in [0.29, 0.717) is 16.9 Å². The Labute approximate surface area is 169 Å². The zero-order valence-electron chi connectivity index (χ0n) is 16.9. The first-order valence-electron chi connectivity index (χ1n) is 9.32. The lowest BCUT2D eigenvalue weighted by atomic mass is 9.99. The third-order valence-electron chi connectivity index (χ3n) is 4.85. The molecule has 3 aromatic rings. The van der Waals surface area contributed by atoms with E-state index in [9.17, 15) is 14.4 Å². The predicted molar refractivity (Wildman–Crippen MR) is 113 cm³/mol. The van der Waals surface area contributed by atoms with Crippen molar-refractivity contribution in [1.29, 1.82) is 0 Å². The zero-order chi connectivity index (χ0) is 21.1. The fraction of sp³-hybridized carbons (Fsp3) is 0.217. The van der Waals surface area contributed by atoms with Crippen LogP contribution in [0.1, 0.15) is 34.0 Å². The lowest BCUT2D eigenvalue weighted by Gasteiger charge is -2.12. The summed E-state index contributed by atoms with van der Waals surface area (Å²) in [6, 6.07) is 13.8. The van der Waals surface area contributed by atoms with Gasteiger partial charge in [0.05, 0.1) is 5.69 Å². The molecule has 0 aliphatic heterocycles. The number of hydrogen-bond donors (Lipinski definition) is 1. The summed E-state index contributed by atoms with van der Waals surface area (Å²) in [5.74, 6) is -0.416. The summed E-state index contributed by atoms with van der Waals surface area (Å²) in [6.45, 7) is 7.35. The molecule has 3 rings (SSSR count). The summed E-state index contributed by atoms with van der Waals surface area (Å²) in [7, 11) is 0. The van der Waals surface area contributed by atoms with Crippen LogP contribution in [-0.2, 0) is 11.3 Å². The molecule has 0 unspecified atom stereocenters. The van der Waals surface area contributed by atoms with Gasteiger partial charge in [-0.3, -0.25) is 14.4 Å². The van der Waals surface area contributed by atoms with Crippen molar-refractivity contribution >= 4 is 17.4 Å². The average Bonchev–Trinajstić information content (AvgIpc) is 2.67. The van der Waals surface area contributed by atoms with Crippen molar-refractivity contribution in [2.75, 3.05) is 5.32 Å². The molecule has 1 N–H and O–H groups in total. The maximum absolute atomic E-state index is 12.4. The first kappa shape index (κ1) is 20.2. The van der Waals surface area contributed by atoms with Gasteiger partial charge in [-0.1, -0.05) is 6.07 Å². The molecule has 148 valence electrons. The van der Waals surface area contributed by atoms with E-state index in [1.165, 1.54) is 18.6 Å². The van der Waals surface area contributed by atoms with E-state index in [-0.39, 0.29) is 23.8 Å². The summed E-state index contributed by atoms with van der Waals surface area (Å²) >= 11 is 0. The SMILES string of the molecule is CC(=O)c1ccc(NC(=O)Cn2nc(-c3cc(C)c(C)cc3C)ccc2=O)cc1. The van der Waals surface area contributed by atoms with Gasteiger partial charge in [0.1, 0.15) is 6.54 Å². The van der Waals surface area contributed by atoms with E-state index in [4.69, 9.17) is 0 Å². The second-order valence-corrected chi connectivity index (χ2v) is 7.15. The summed E-state index contributed by atoms with van der Waals surface area (Å²) in [6.07, 6.45) is 0. The number of aromatic nitrogens is 2. The number of carbonyl (C=O) groups is 2. The molecular formula is C23H23N3O3. The van der Waals surface area contributed by atoms with Crippen molar-refractivity contribution in [2.24, 2.45) is 0 Å². The van der Waals surface area contributed by atoms with Gasteiger partial charge in [0.2, 0.25) is 5.91 Å². The maximum Gasteiger partial charge on any atom is 0.267 e. The van der Waals surface area contributed by atoms with E-state index in [0.717, 1.165) is 21.4 Å². The van der Waals surface area contributed by atoms with Crippen molar-refractivity contribution in [2.45, 2.75) is 34.2 Å². The highest BCUT2D eigenvalue weighted by Gasteiger charge is 2.11. The fourth-order valence-electron chi connectivity index (χ4n) is 3.07. The van der Waals surface area contributed by atoms with Gasteiger partial charge in [0, 0.05) is 22.9 Å². The van der Waals surface area contributed by atoms with Gasteiger partial charge in [0.25, 0.3) is 5.56 Å². The van der Waals surface area contributed by atoms with Crippen LogP contribution in [0.4, 0.5) is 5.69 Å². The topological polar surface area (TPSA) is 81.1 Å². The predicted octanol–water partition coefficient (Wildman–Crippen LogP) is 3.68. The summed E-state index contributed by atoms with van der Waals surface area (Å²) < 4.78 is 1.16. The quantitative estimate of drug-likeness (QED) is 0.675. The number of hydrogen-bond acceptors (Lipinski definition) is 4. The summed E-state index contributed by atoms with van der Waals surface area (Å²) in [5.41, 5.74) is 5.72. The molecule has 2 aromatic carbocycles. The highest BCUT2D eigenvalue weighted by atomic mass is 16.2. The van der Waals surface area contributed by atoms with E-state index >= 15 is 0 Å². The highest BCUT2D eigenvalue weighted by molar-refractivity contribution is 5.95. The van der Waals surface area contributed by atoms with E-state index in [1.807, 2.05) is 26.8 Å². The van der Waals surface area contributed by atoms with Gasteiger partial charge in [-0.25, -0.2) is 4.68 Å². The smallest absolute Gasteiger partial charge is 0.267 e. The van der Waals surface area contributed by atoms with Crippen LogP contribution in [0.5, 0.6) is 0 Å². The molecular weight excluding hydrogens is 366 g/mol. The molecule has 6 heteroatoms. The Balaban J connectivity index is 1.81. The minimum Gasteiger partial charge on any atom is -0.324 e. The molecule has 0 atom stereocenters. The van der Waals surface area contributed by atoms with Gasteiger partial charge >= 0.3 is 0 Å². The van der Waals surface area contributed by atoms with Gasteiger partial charge < -0.3 is 5.32 Å². The minimum absolute atomic E-state index is 0.0444. The Kier molecular flexibility index (Phi) is 5.73. The molecule has 6 nitrogen and oxygen atoms in total. The molecule has 0 aliphatic rings. The van der Waals surface area contributed by atoms with Crippen LogP contribution in [0.15, 0.2) is 53.3 Å². The van der Waals surface area contributed by atoms with Crippen molar-refractivity contribution in [3.05, 3.63) is 81.1 Å². The lowest BCUT2D eigenvalue weighted by Crippen LogP contribution is -2.29. The number of carbonyl (C=O) groups excluding carboxylic acids is 2. The third kappa shape index (κ3) is 4.66. The standard InChI is InChI=1S/C23H23N3O3/c1-14-11-16(3)20(12-15(14)2)21-9-10-23(29)26(25-21)13-22(28)24-19-7-5-18(6-8-19)17(4)27/h5-12H,13H2,1-4H3,(H,24,28). The largest absolute Gasteiger partial charge is 0.324 e. The van der Waals surface area contributed by atoms with Crippen LogP contribution in [-0.4, -0.2) is 21.5 Å². The number of amides is 1. The van der Waals surface area contributed by atoms with Crippen molar-refractivity contribution < 1.29 is 9.59 Å². The second-order valence-electron chi connectivity index (χ2n) is 7.15. The maximum atomic E-state index is 12.4. The Hall–Kier alpha value is -3.54. The highest BCUT2D eigenvalue weighted by Crippen LogP contribution is 2.24. The second kappa shape index (κ2) is 8.22. The molecule has 0 radical (unpaired) electrons. The number of nitrogens with zero attached hydrogens (tertiary/aromatic N) is 2. The molecule has 0 bridgehead atoms. The van der Waals surface area contributed by atoms with Crippen LogP contribution in [0, 0.1) is 20.8 Å². The number of aryl methyl sites for hydroxylation is 3. The third-order valence-corrected chi connectivity index (χ3v) is 4.85. The number of anilines is 1. The normalized spacial score (nSPS) is 10.6. The Morgan fingerprint density at radius 2 is 1.59 bits per heavy atom. The molecule has 1 amide bonds. The van der Waals surface area contributed by atoms with Crippen LogP contribution in [0.25, 0.3) is 11.3 Å². The molecule has 1 aromatic heterocycles. The van der Waals surface area contributed by atoms with Crippen LogP contribution in [0.2, 0.25) is 0 Å². The molecule has 0 aliphatic carbocycles. The molecule has 0 saturated carbocycles. The summed E-state index contributed by atoms with van der Waals surface area (Å²) in [4.78, 5) is 35.9. The Morgan fingerprint density at radius 3 is 2.24 bits per heavy atom. The number of ketones is 1. The fourth-order valence-corrected chi connectivity index (χ4v) is 3.07. The first-order chi connectivity index (χ1) is 13.7. The molecule has 29 heavy (non-hydrogen) atoms. The Bertz CT molecular complexity index is 1150.